The molecule has 0 spiro atoms. The Labute approximate surface area is 236 Å². The summed E-state index contributed by atoms with van der Waals surface area (Å²) < 4.78 is 22.9. The second-order valence-electron chi connectivity index (χ2n) is 9.36. The molecule has 11 heteroatoms. The van der Waals surface area contributed by atoms with E-state index in [2.05, 4.69) is 10.6 Å². The van der Waals surface area contributed by atoms with Crippen LogP contribution in [0.4, 0.5) is 0 Å². The first-order valence-corrected chi connectivity index (χ1v) is 13.1. The smallest absolute Gasteiger partial charge is 0.260 e. The Morgan fingerprint density at radius 1 is 1.07 bits per heavy atom. The third kappa shape index (κ3) is 6.58. The lowest BCUT2D eigenvalue weighted by molar-refractivity contribution is -0.132. The van der Waals surface area contributed by atoms with Gasteiger partial charge >= 0.3 is 0 Å². The monoisotopic (exact) mass is 565 g/mol. The minimum Gasteiger partial charge on any atom is -0.493 e. The number of nitrogens with zero attached hydrogens (tertiary/aromatic N) is 1. The number of carbonyl (C=O) groups is 3. The fraction of sp³-hybridized carbons (Fsp3) is 0.276. The molecule has 3 heterocycles. The van der Waals surface area contributed by atoms with Crippen molar-refractivity contribution in [3.63, 3.8) is 0 Å². The summed E-state index contributed by atoms with van der Waals surface area (Å²) in [6.07, 6.45) is -0.519. The fourth-order valence-corrected chi connectivity index (χ4v) is 4.65. The number of hydrogen-bond donors (Lipinski definition) is 2. The minimum absolute atomic E-state index is 0.187. The number of fused-ring (bicyclic) bond motifs is 7. The Hall–Kier alpha value is -4.44. The zero-order chi connectivity index (χ0) is 28.1. The van der Waals surface area contributed by atoms with Crippen molar-refractivity contribution in [3.05, 3.63) is 82.9 Å². The molecule has 40 heavy (non-hydrogen) atoms. The SMILES string of the molecule is COc1ccc2cc1OCC(=O)NCc1ccc(cc1)O[C@H]1CN(C(=O)COc3cccc(Cl)c3)C[C@@H]1NC2=O. The highest BCUT2D eigenvalue weighted by Crippen LogP contribution is 2.29. The summed E-state index contributed by atoms with van der Waals surface area (Å²) in [5.41, 5.74) is 1.17. The minimum atomic E-state index is -0.519. The van der Waals surface area contributed by atoms with Crippen LogP contribution < -0.4 is 29.6 Å². The van der Waals surface area contributed by atoms with E-state index in [9.17, 15) is 14.4 Å². The van der Waals surface area contributed by atoms with Crippen LogP contribution in [0, 0.1) is 0 Å². The molecule has 3 aromatic carbocycles. The molecule has 0 aliphatic carbocycles. The van der Waals surface area contributed by atoms with Crippen LogP contribution in [-0.4, -0.2) is 68.2 Å². The first-order valence-electron chi connectivity index (χ1n) is 12.7. The number of rotatable bonds is 4. The lowest BCUT2D eigenvalue weighted by Gasteiger charge is -2.21. The molecule has 3 aliphatic rings. The fourth-order valence-electron chi connectivity index (χ4n) is 4.47. The highest BCUT2D eigenvalue weighted by Gasteiger charge is 2.38. The van der Waals surface area contributed by atoms with E-state index in [0.29, 0.717) is 34.4 Å². The molecule has 0 radical (unpaired) electrons. The summed E-state index contributed by atoms with van der Waals surface area (Å²) in [6.45, 7) is 0.345. The summed E-state index contributed by atoms with van der Waals surface area (Å²) in [7, 11) is 1.48. The topological polar surface area (TPSA) is 115 Å². The van der Waals surface area contributed by atoms with Crippen molar-refractivity contribution in [2.24, 2.45) is 0 Å². The molecule has 2 atom stereocenters. The Morgan fingerprint density at radius 2 is 1.90 bits per heavy atom. The van der Waals surface area contributed by atoms with Gasteiger partial charge in [-0.15, -0.1) is 0 Å². The van der Waals surface area contributed by atoms with Gasteiger partial charge in [-0.25, -0.2) is 0 Å². The van der Waals surface area contributed by atoms with E-state index in [1.165, 1.54) is 13.2 Å². The first-order chi connectivity index (χ1) is 19.4. The summed E-state index contributed by atoms with van der Waals surface area (Å²) in [5, 5.41) is 6.30. The first kappa shape index (κ1) is 27.1. The summed E-state index contributed by atoms with van der Waals surface area (Å²) in [4.78, 5) is 40.3. The number of amides is 3. The van der Waals surface area contributed by atoms with Gasteiger partial charge in [0, 0.05) is 23.7 Å². The third-order valence-corrected chi connectivity index (χ3v) is 6.81. The van der Waals surface area contributed by atoms with E-state index >= 15 is 0 Å². The number of benzene rings is 3. The van der Waals surface area contributed by atoms with E-state index in [0.717, 1.165) is 5.56 Å². The van der Waals surface area contributed by atoms with Crippen molar-refractivity contribution >= 4 is 29.3 Å². The van der Waals surface area contributed by atoms with Gasteiger partial charge in [0.15, 0.2) is 24.7 Å². The molecule has 208 valence electrons. The molecule has 1 fully saturated rings. The van der Waals surface area contributed by atoms with E-state index < -0.39 is 12.1 Å². The van der Waals surface area contributed by atoms with Gasteiger partial charge in [-0.05, 0) is 54.1 Å². The van der Waals surface area contributed by atoms with Crippen LogP contribution in [0.2, 0.25) is 5.02 Å². The second kappa shape index (κ2) is 12.2. The van der Waals surface area contributed by atoms with Crippen molar-refractivity contribution in [2.75, 3.05) is 33.4 Å². The van der Waals surface area contributed by atoms with Gasteiger partial charge < -0.3 is 34.5 Å². The highest BCUT2D eigenvalue weighted by atomic mass is 35.5. The quantitative estimate of drug-likeness (QED) is 0.500. The van der Waals surface area contributed by atoms with Gasteiger partial charge in [0.1, 0.15) is 17.6 Å². The van der Waals surface area contributed by atoms with Crippen molar-refractivity contribution in [1.82, 2.24) is 15.5 Å². The molecule has 6 rings (SSSR count). The molecule has 1 saturated heterocycles. The Kier molecular flexibility index (Phi) is 8.26. The molecule has 4 bridgehead atoms. The summed E-state index contributed by atoms with van der Waals surface area (Å²) in [5.74, 6) is 0.741. The molecular formula is C29H28ClN3O7. The van der Waals surface area contributed by atoms with Gasteiger partial charge in [-0.1, -0.05) is 29.8 Å². The maximum Gasteiger partial charge on any atom is 0.260 e. The largest absolute Gasteiger partial charge is 0.493 e. The molecule has 10 nitrogen and oxygen atoms in total. The lowest BCUT2D eigenvalue weighted by atomic mass is 10.1. The van der Waals surface area contributed by atoms with Crippen LogP contribution in [0.3, 0.4) is 0 Å². The van der Waals surface area contributed by atoms with Gasteiger partial charge in [-0.3, -0.25) is 14.4 Å². The Balaban J connectivity index is 1.37. The van der Waals surface area contributed by atoms with Crippen LogP contribution in [0.1, 0.15) is 15.9 Å². The van der Waals surface area contributed by atoms with Crippen molar-refractivity contribution < 1.29 is 33.3 Å². The third-order valence-electron chi connectivity index (χ3n) is 6.58. The van der Waals surface area contributed by atoms with E-state index in [4.69, 9.17) is 30.5 Å². The number of likely N-dealkylation sites (tertiary alicyclic amines) is 1. The number of ether oxygens (including phenoxy) is 4. The number of nitrogens with one attached hydrogen (secondary N) is 2. The molecule has 3 aromatic rings. The Morgan fingerprint density at radius 3 is 2.67 bits per heavy atom. The molecule has 3 amide bonds. The van der Waals surface area contributed by atoms with E-state index in [1.807, 2.05) is 12.1 Å². The predicted molar refractivity (Wildman–Crippen MR) is 146 cm³/mol. The maximum absolute atomic E-state index is 13.3. The molecule has 0 saturated carbocycles. The van der Waals surface area contributed by atoms with Crippen molar-refractivity contribution in [3.8, 4) is 23.0 Å². The van der Waals surface area contributed by atoms with Crippen molar-refractivity contribution in [1.29, 1.82) is 0 Å². The summed E-state index contributed by atoms with van der Waals surface area (Å²) in [6, 6.07) is 18.3. The molecule has 0 unspecified atom stereocenters. The van der Waals surface area contributed by atoms with Crippen LogP contribution in [0.15, 0.2) is 66.7 Å². The van der Waals surface area contributed by atoms with Crippen LogP contribution in [0.5, 0.6) is 23.0 Å². The molecular weight excluding hydrogens is 538 g/mol. The number of methoxy groups -OCH3 is 1. The number of halogens is 1. The lowest BCUT2D eigenvalue weighted by Crippen LogP contribution is -2.45. The highest BCUT2D eigenvalue weighted by molar-refractivity contribution is 6.30. The average molecular weight is 566 g/mol. The maximum atomic E-state index is 13.3. The zero-order valence-corrected chi connectivity index (χ0v) is 22.5. The van der Waals surface area contributed by atoms with Gasteiger partial charge in [-0.2, -0.15) is 0 Å². The molecule has 2 N–H and O–H groups in total. The van der Waals surface area contributed by atoms with Gasteiger partial charge in [0.2, 0.25) is 0 Å². The Bertz CT molecular complexity index is 1400. The normalized spacial score (nSPS) is 18.9. The standard InChI is InChI=1S/C29H28ClN3O7/c1-37-24-10-7-19-11-25(24)39-16-27(34)31-13-18-5-8-21(9-6-18)40-26-15-33(14-23(26)32-29(19)36)28(35)17-38-22-4-2-3-20(30)12-22/h2-12,23,26H,13-17H2,1H3,(H,31,34)(H,32,36)/t23-,26-/m0/s1. The molecule has 0 aromatic heterocycles. The van der Waals surface area contributed by atoms with Crippen molar-refractivity contribution in [2.45, 2.75) is 18.7 Å². The van der Waals surface area contributed by atoms with Crippen LogP contribution in [0.25, 0.3) is 0 Å². The van der Waals surface area contributed by atoms with Crippen LogP contribution >= 0.6 is 11.6 Å². The summed E-state index contributed by atoms with van der Waals surface area (Å²) >= 11 is 6.01. The van der Waals surface area contributed by atoms with E-state index in [1.54, 1.807) is 53.4 Å². The van der Waals surface area contributed by atoms with Gasteiger partial charge in [0.05, 0.1) is 19.7 Å². The predicted octanol–water partition coefficient (Wildman–Crippen LogP) is 2.82. The number of hydrogen-bond acceptors (Lipinski definition) is 7. The molecule has 3 aliphatic heterocycles. The van der Waals surface area contributed by atoms with E-state index in [-0.39, 0.29) is 49.8 Å². The van der Waals surface area contributed by atoms with Gasteiger partial charge in [0.25, 0.3) is 17.7 Å². The zero-order valence-electron chi connectivity index (χ0n) is 21.7. The van der Waals surface area contributed by atoms with Crippen LogP contribution in [-0.2, 0) is 16.1 Å². The average Bonchev–Trinajstić information content (AvgIpc) is 3.35. The number of carbonyl (C=O) groups excluding carboxylic acids is 3. The second-order valence-corrected chi connectivity index (χ2v) is 9.79.